The molecule has 2 nitrogen and oxygen atoms in total. The van der Waals surface area contributed by atoms with Crippen LogP contribution in [0, 0.1) is 0 Å². The largest absolute Gasteiger partial charge is 0.360 e. The first-order valence-corrected chi connectivity index (χ1v) is 3.95. The Morgan fingerprint density at radius 2 is 2.50 bits per heavy atom. The van der Waals surface area contributed by atoms with Gasteiger partial charge in [0.15, 0.2) is 0 Å². The standard InChI is InChI=1S/C8H16N2/c1-3-7(2)10-6-4-5-8(10)9/h8H,2-6,9H2,1H3. The monoisotopic (exact) mass is 140 g/mol. The predicted octanol–water partition coefficient (Wildman–Crippen LogP) is 1.29. The molecule has 58 valence electrons. The molecule has 1 fully saturated rings. The van der Waals surface area contributed by atoms with Crippen LogP contribution < -0.4 is 5.73 Å². The Bertz CT molecular complexity index is 131. The molecule has 0 aromatic heterocycles. The molecule has 0 aromatic rings. The fourth-order valence-corrected chi connectivity index (χ4v) is 1.39. The highest BCUT2D eigenvalue weighted by molar-refractivity contribution is 4.97. The van der Waals surface area contributed by atoms with Crippen LogP contribution in [0.4, 0.5) is 0 Å². The Morgan fingerprint density at radius 3 is 2.90 bits per heavy atom. The maximum atomic E-state index is 5.82. The smallest absolute Gasteiger partial charge is 0.0768 e. The molecule has 1 rings (SSSR count). The van der Waals surface area contributed by atoms with Gasteiger partial charge in [-0.2, -0.15) is 0 Å². The summed E-state index contributed by atoms with van der Waals surface area (Å²) in [6.45, 7) is 7.17. The van der Waals surface area contributed by atoms with Gasteiger partial charge in [-0.1, -0.05) is 13.5 Å². The Labute approximate surface area is 62.7 Å². The Hall–Kier alpha value is -0.500. The third-order valence-corrected chi connectivity index (χ3v) is 2.11. The van der Waals surface area contributed by atoms with Gasteiger partial charge in [-0.15, -0.1) is 0 Å². The van der Waals surface area contributed by atoms with Crippen molar-refractivity contribution in [3.05, 3.63) is 12.3 Å². The van der Waals surface area contributed by atoms with E-state index in [2.05, 4.69) is 18.4 Å². The first-order chi connectivity index (χ1) is 4.75. The van der Waals surface area contributed by atoms with Crippen molar-refractivity contribution in [3.63, 3.8) is 0 Å². The lowest BCUT2D eigenvalue weighted by molar-refractivity contribution is 0.320. The Morgan fingerprint density at radius 1 is 1.80 bits per heavy atom. The maximum Gasteiger partial charge on any atom is 0.0768 e. The minimum absolute atomic E-state index is 0.243. The van der Waals surface area contributed by atoms with Crippen molar-refractivity contribution in [2.75, 3.05) is 6.54 Å². The van der Waals surface area contributed by atoms with Crippen LogP contribution in [0.2, 0.25) is 0 Å². The number of nitrogens with two attached hydrogens (primary N) is 1. The molecular weight excluding hydrogens is 124 g/mol. The van der Waals surface area contributed by atoms with E-state index < -0.39 is 0 Å². The highest BCUT2D eigenvalue weighted by atomic mass is 15.2. The maximum absolute atomic E-state index is 5.82. The summed E-state index contributed by atoms with van der Waals surface area (Å²) in [6, 6.07) is 0. The summed E-state index contributed by atoms with van der Waals surface area (Å²) in [5.74, 6) is 0. The summed E-state index contributed by atoms with van der Waals surface area (Å²) in [5, 5.41) is 0. The Balaban J connectivity index is 2.46. The van der Waals surface area contributed by atoms with Crippen LogP contribution in [0.1, 0.15) is 26.2 Å². The van der Waals surface area contributed by atoms with E-state index in [1.165, 1.54) is 12.1 Å². The summed E-state index contributed by atoms with van der Waals surface area (Å²) >= 11 is 0. The number of allylic oxidation sites excluding steroid dienone is 1. The van der Waals surface area contributed by atoms with Crippen molar-refractivity contribution in [3.8, 4) is 0 Å². The van der Waals surface area contributed by atoms with Crippen LogP contribution in [0.3, 0.4) is 0 Å². The van der Waals surface area contributed by atoms with Crippen molar-refractivity contribution >= 4 is 0 Å². The molecule has 0 spiro atoms. The fourth-order valence-electron chi connectivity index (χ4n) is 1.39. The summed E-state index contributed by atoms with van der Waals surface area (Å²) in [7, 11) is 0. The molecule has 1 unspecified atom stereocenters. The third kappa shape index (κ3) is 1.32. The molecule has 0 amide bonds. The van der Waals surface area contributed by atoms with Gasteiger partial charge in [0.1, 0.15) is 0 Å². The van der Waals surface area contributed by atoms with Gasteiger partial charge in [0.05, 0.1) is 6.17 Å². The molecule has 2 heteroatoms. The van der Waals surface area contributed by atoms with Crippen molar-refractivity contribution in [1.82, 2.24) is 4.90 Å². The first-order valence-electron chi connectivity index (χ1n) is 3.95. The normalized spacial score (nSPS) is 25.4. The zero-order chi connectivity index (χ0) is 7.56. The van der Waals surface area contributed by atoms with Crippen LogP contribution in [-0.4, -0.2) is 17.6 Å². The topological polar surface area (TPSA) is 29.3 Å². The number of nitrogens with zero attached hydrogens (tertiary/aromatic N) is 1. The van der Waals surface area contributed by atoms with Gasteiger partial charge in [-0.25, -0.2) is 0 Å². The lowest BCUT2D eigenvalue weighted by atomic mass is 10.3. The van der Waals surface area contributed by atoms with E-state index in [1.54, 1.807) is 0 Å². The van der Waals surface area contributed by atoms with Gasteiger partial charge in [0.25, 0.3) is 0 Å². The van der Waals surface area contributed by atoms with Gasteiger partial charge in [-0.05, 0) is 19.3 Å². The summed E-state index contributed by atoms with van der Waals surface area (Å²) in [4.78, 5) is 2.21. The average molecular weight is 140 g/mol. The second-order valence-electron chi connectivity index (χ2n) is 2.82. The molecule has 1 atom stereocenters. The molecular formula is C8H16N2. The van der Waals surface area contributed by atoms with E-state index in [0.717, 1.165) is 19.4 Å². The summed E-state index contributed by atoms with van der Waals surface area (Å²) < 4.78 is 0. The third-order valence-electron chi connectivity index (χ3n) is 2.11. The zero-order valence-electron chi connectivity index (χ0n) is 6.64. The minimum Gasteiger partial charge on any atom is -0.360 e. The molecule has 1 aliphatic rings. The summed E-state index contributed by atoms with van der Waals surface area (Å²) in [5.41, 5.74) is 7.01. The van der Waals surface area contributed by atoms with Crippen LogP contribution >= 0.6 is 0 Å². The van der Waals surface area contributed by atoms with Gasteiger partial charge >= 0.3 is 0 Å². The number of hydrogen-bond acceptors (Lipinski definition) is 2. The number of likely N-dealkylation sites (tertiary alicyclic amines) is 1. The van der Waals surface area contributed by atoms with Crippen molar-refractivity contribution in [2.45, 2.75) is 32.4 Å². The highest BCUT2D eigenvalue weighted by Gasteiger charge is 2.20. The quantitative estimate of drug-likeness (QED) is 0.626. The number of rotatable bonds is 2. The highest BCUT2D eigenvalue weighted by Crippen LogP contribution is 2.18. The average Bonchev–Trinajstić information content (AvgIpc) is 2.34. The van der Waals surface area contributed by atoms with Crippen LogP contribution in [0.25, 0.3) is 0 Å². The first kappa shape index (κ1) is 7.61. The lowest BCUT2D eigenvalue weighted by Crippen LogP contribution is -2.35. The van der Waals surface area contributed by atoms with Gasteiger partial charge in [0, 0.05) is 12.2 Å². The second kappa shape index (κ2) is 3.06. The molecule has 0 radical (unpaired) electrons. The van der Waals surface area contributed by atoms with E-state index in [-0.39, 0.29) is 6.17 Å². The molecule has 1 aliphatic heterocycles. The van der Waals surface area contributed by atoms with E-state index in [1.807, 2.05) is 0 Å². The molecule has 0 aliphatic carbocycles. The second-order valence-corrected chi connectivity index (χ2v) is 2.82. The van der Waals surface area contributed by atoms with E-state index in [9.17, 15) is 0 Å². The van der Waals surface area contributed by atoms with Crippen LogP contribution in [-0.2, 0) is 0 Å². The van der Waals surface area contributed by atoms with E-state index in [4.69, 9.17) is 5.73 Å². The molecule has 1 heterocycles. The molecule has 0 bridgehead atoms. The van der Waals surface area contributed by atoms with Crippen molar-refractivity contribution < 1.29 is 0 Å². The van der Waals surface area contributed by atoms with Crippen LogP contribution in [0.15, 0.2) is 12.3 Å². The number of hydrogen-bond donors (Lipinski definition) is 1. The predicted molar refractivity (Wildman–Crippen MR) is 43.3 cm³/mol. The van der Waals surface area contributed by atoms with Crippen molar-refractivity contribution in [2.24, 2.45) is 5.73 Å². The molecule has 1 saturated heterocycles. The van der Waals surface area contributed by atoms with Crippen LogP contribution in [0.5, 0.6) is 0 Å². The lowest BCUT2D eigenvalue weighted by Gasteiger charge is -2.24. The van der Waals surface area contributed by atoms with Gasteiger partial charge < -0.3 is 10.6 Å². The Kier molecular flexibility index (Phi) is 2.33. The molecule has 0 saturated carbocycles. The fraction of sp³-hybridized carbons (Fsp3) is 0.750. The zero-order valence-corrected chi connectivity index (χ0v) is 6.64. The van der Waals surface area contributed by atoms with Gasteiger partial charge in [0.2, 0.25) is 0 Å². The molecule has 2 N–H and O–H groups in total. The minimum atomic E-state index is 0.243. The van der Waals surface area contributed by atoms with Crippen molar-refractivity contribution in [1.29, 1.82) is 0 Å². The van der Waals surface area contributed by atoms with E-state index in [0.29, 0.717) is 0 Å². The SMILES string of the molecule is C=C(CC)N1CCCC1N. The summed E-state index contributed by atoms with van der Waals surface area (Å²) in [6.07, 6.45) is 3.61. The molecule has 10 heavy (non-hydrogen) atoms. The van der Waals surface area contributed by atoms with E-state index >= 15 is 0 Å². The van der Waals surface area contributed by atoms with Gasteiger partial charge in [-0.3, -0.25) is 0 Å². The molecule has 0 aromatic carbocycles.